The third kappa shape index (κ3) is 3.93. The molecule has 0 spiro atoms. The van der Waals surface area contributed by atoms with Gasteiger partial charge in [-0.3, -0.25) is 4.79 Å². The second-order valence-electron chi connectivity index (χ2n) is 6.66. The predicted molar refractivity (Wildman–Crippen MR) is 118 cm³/mol. The maximum absolute atomic E-state index is 13.1. The molecule has 2 N–H and O–H groups in total. The molecule has 4 rings (SSSR count). The summed E-state index contributed by atoms with van der Waals surface area (Å²) in [5.41, 5.74) is 1.79. The number of phenols is 1. The van der Waals surface area contributed by atoms with Gasteiger partial charge in [-0.25, -0.2) is 0 Å². The molecule has 0 fully saturated rings. The van der Waals surface area contributed by atoms with Gasteiger partial charge in [0.25, 0.3) is 5.91 Å². The van der Waals surface area contributed by atoms with Gasteiger partial charge in [-0.1, -0.05) is 83.9 Å². The van der Waals surface area contributed by atoms with Crippen LogP contribution in [0.3, 0.4) is 0 Å². The van der Waals surface area contributed by atoms with Crippen LogP contribution in [0.2, 0.25) is 10.0 Å². The maximum Gasteiger partial charge on any atom is 0.253 e. The average molecular weight is 422 g/mol. The number of amides is 1. The second kappa shape index (κ2) is 8.16. The third-order valence-electron chi connectivity index (χ3n) is 4.82. The Kier molecular flexibility index (Phi) is 5.43. The Morgan fingerprint density at radius 1 is 0.862 bits per heavy atom. The first kappa shape index (κ1) is 19.3. The van der Waals surface area contributed by atoms with Gasteiger partial charge in [0.1, 0.15) is 5.75 Å². The zero-order valence-electron chi connectivity index (χ0n) is 15.3. The summed E-state index contributed by atoms with van der Waals surface area (Å²) in [7, 11) is 0. The van der Waals surface area contributed by atoms with Crippen molar-refractivity contribution in [3.63, 3.8) is 0 Å². The van der Waals surface area contributed by atoms with Crippen molar-refractivity contribution in [1.82, 2.24) is 5.32 Å². The Bertz CT molecular complexity index is 1190. The van der Waals surface area contributed by atoms with E-state index in [-0.39, 0.29) is 16.7 Å². The minimum Gasteiger partial charge on any atom is -0.508 e. The van der Waals surface area contributed by atoms with E-state index in [1.54, 1.807) is 18.2 Å². The number of rotatable bonds is 4. The van der Waals surface area contributed by atoms with E-state index in [0.29, 0.717) is 16.1 Å². The summed E-state index contributed by atoms with van der Waals surface area (Å²) in [6.45, 7) is 0. The molecule has 0 radical (unpaired) electrons. The molecule has 5 heteroatoms. The van der Waals surface area contributed by atoms with Crippen LogP contribution in [-0.4, -0.2) is 11.0 Å². The largest absolute Gasteiger partial charge is 0.508 e. The number of fused-ring (bicyclic) bond motifs is 1. The number of phenolic OH excluding ortho intramolecular Hbond substituents is 1. The van der Waals surface area contributed by atoms with Crippen molar-refractivity contribution >= 4 is 39.9 Å². The molecule has 1 amide bonds. The molecule has 0 saturated carbocycles. The summed E-state index contributed by atoms with van der Waals surface area (Å²) in [4.78, 5) is 13.1. The van der Waals surface area contributed by atoms with Gasteiger partial charge in [-0.2, -0.15) is 0 Å². The fraction of sp³-hybridized carbons (Fsp3) is 0.0417. The van der Waals surface area contributed by atoms with E-state index in [4.69, 9.17) is 23.2 Å². The zero-order valence-corrected chi connectivity index (χ0v) is 16.8. The second-order valence-corrected chi connectivity index (χ2v) is 7.50. The molecule has 4 aromatic rings. The van der Waals surface area contributed by atoms with Gasteiger partial charge in [0, 0.05) is 10.6 Å². The summed E-state index contributed by atoms with van der Waals surface area (Å²) in [6, 6.07) is 24.9. The van der Waals surface area contributed by atoms with E-state index < -0.39 is 6.04 Å². The molecule has 1 atom stereocenters. The van der Waals surface area contributed by atoms with Crippen LogP contribution in [0.15, 0.2) is 84.9 Å². The van der Waals surface area contributed by atoms with Crippen LogP contribution >= 0.6 is 23.2 Å². The van der Waals surface area contributed by atoms with Crippen molar-refractivity contribution in [3.05, 3.63) is 112 Å². The van der Waals surface area contributed by atoms with Crippen LogP contribution in [0.4, 0.5) is 0 Å². The van der Waals surface area contributed by atoms with E-state index in [9.17, 15) is 9.90 Å². The van der Waals surface area contributed by atoms with E-state index in [0.717, 1.165) is 16.3 Å². The van der Waals surface area contributed by atoms with Gasteiger partial charge in [0.15, 0.2) is 0 Å². The molecule has 0 aliphatic carbocycles. The maximum atomic E-state index is 13.1. The summed E-state index contributed by atoms with van der Waals surface area (Å²) >= 11 is 12.2. The molecule has 0 saturated heterocycles. The van der Waals surface area contributed by atoms with Gasteiger partial charge < -0.3 is 10.4 Å². The predicted octanol–water partition coefficient (Wildman–Crippen LogP) is 6.37. The standard InChI is InChI=1S/C24H17Cl2NO2/c25-17-11-12-19(20(26)14-17)24(29)27-23(16-7-2-1-3-8-16)22-18-9-5-4-6-15(18)10-13-21(22)28/h1-14,23,28H,(H,27,29)/t23-/m0/s1. The van der Waals surface area contributed by atoms with Crippen LogP contribution in [0.25, 0.3) is 10.8 Å². The molecule has 0 unspecified atom stereocenters. The Labute approximate surface area is 178 Å². The lowest BCUT2D eigenvalue weighted by Crippen LogP contribution is -2.29. The topological polar surface area (TPSA) is 49.3 Å². The number of benzene rings is 4. The quantitative estimate of drug-likeness (QED) is 0.401. The van der Waals surface area contributed by atoms with Crippen molar-refractivity contribution in [1.29, 1.82) is 0 Å². The summed E-state index contributed by atoms with van der Waals surface area (Å²) in [5, 5.41) is 16.3. The normalized spacial score (nSPS) is 11.9. The number of aromatic hydroxyl groups is 1. The molecule has 4 aromatic carbocycles. The molecule has 0 heterocycles. The zero-order chi connectivity index (χ0) is 20.4. The van der Waals surface area contributed by atoms with Crippen LogP contribution in [0, 0.1) is 0 Å². The summed E-state index contributed by atoms with van der Waals surface area (Å²) < 4.78 is 0. The van der Waals surface area contributed by atoms with Crippen LogP contribution in [0.1, 0.15) is 27.5 Å². The highest BCUT2D eigenvalue weighted by atomic mass is 35.5. The minimum absolute atomic E-state index is 0.111. The molecular weight excluding hydrogens is 405 g/mol. The lowest BCUT2D eigenvalue weighted by atomic mass is 9.92. The van der Waals surface area contributed by atoms with Crippen molar-refractivity contribution in [3.8, 4) is 5.75 Å². The molecule has 0 bridgehead atoms. The first-order valence-corrected chi connectivity index (χ1v) is 9.81. The smallest absolute Gasteiger partial charge is 0.253 e. The van der Waals surface area contributed by atoms with Gasteiger partial charge in [0.2, 0.25) is 0 Å². The number of hydrogen-bond acceptors (Lipinski definition) is 2. The van der Waals surface area contributed by atoms with Crippen molar-refractivity contribution in [2.75, 3.05) is 0 Å². The monoisotopic (exact) mass is 421 g/mol. The Morgan fingerprint density at radius 2 is 1.59 bits per heavy atom. The Balaban J connectivity index is 1.84. The fourth-order valence-corrected chi connectivity index (χ4v) is 3.93. The van der Waals surface area contributed by atoms with Crippen LogP contribution < -0.4 is 5.32 Å². The SMILES string of the molecule is O=C(N[C@@H](c1ccccc1)c1c(O)ccc2ccccc12)c1ccc(Cl)cc1Cl. The number of halogens is 2. The lowest BCUT2D eigenvalue weighted by molar-refractivity contribution is 0.0943. The minimum atomic E-state index is -0.568. The first-order chi connectivity index (χ1) is 14.0. The Morgan fingerprint density at radius 3 is 2.34 bits per heavy atom. The van der Waals surface area contributed by atoms with E-state index in [2.05, 4.69) is 5.32 Å². The molecule has 0 aliphatic heterocycles. The number of carbonyl (C=O) groups is 1. The van der Waals surface area contributed by atoms with Crippen LogP contribution in [-0.2, 0) is 0 Å². The van der Waals surface area contributed by atoms with Gasteiger partial charge >= 0.3 is 0 Å². The molecule has 3 nitrogen and oxygen atoms in total. The molecule has 0 aliphatic rings. The summed E-state index contributed by atoms with van der Waals surface area (Å²) in [5.74, 6) is -0.243. The lowest BCUT2D eigenvalue weighted by Gasteiger charge is -2.23. The van der Waals surface area contributed by atoms with E-state index >= 15 is 0 Å². The van der Waals surface area contributed by atoms with Crippen LogP contribution in [0.5, 0.6) is 5.75 Å². The van der Waals surface area contributed by atoms with Gasteiger partial charge in [-0.05, 0) is 40.6 Å². The highest BCUT2D eigenvalue weighted by Gasteiger charge is 2.24. The first-order valence-electron chi connectivity index (χ1n) is 9.06. The number of hydrogen-bond donors (Lipinski definition) is 2. The number of carbonyl (C=O) groups excluding carboxylic acids is 1. The molecule has 144 valence electrons. The Hall–Kier alpha value is -3.01. The molecular formula is C24H17Cl2NO2. The molecule has 0 aromatic heterocycles. The third-order valence-corrected chi connectivity index (χ3v) is 5.37. The van der Waals surface area contributed by atoms with E-state index in [1.165, 1.54) is 6.07 Å². The van der Waals surface area contributed by atoms with E-state index in [1.807, 2.05) is 60.7 Å². The van der Waals surface area contributed by atoms with Crippen molar-refractivity contribution < 1.29 is 9.90 Å². The van der Waals surface area contributed by atoms with Crippen molar-refractivity contribution in [2.24, 2.45) is 0 Å². The highest BCUT2D eigenvalue weighted by molar-refractivity contribution is 6.36. The summed E-state index contributed by atoms with van der Waals surface area (Å²) in [6.07, 6.45) is 0. The average Bonchev–Trinajstić information content (AvgIpc) is 2.73. The fourth-order valence-electron chi connectivity index (χ4n) is 3.44. The molecule has 29 heavy (non-hydrogen) atoms. The van der Waals surface area contributed by atoms with Gasteiger partial charge in [0.05, 0.1) is 16.6 Å². The number of nitrogens with one attached hydrogen (secondary N) is 1. The van der Waals surface area contributed by atoms with Crippen molar-refractivity contribution in [2.45, 2.75) is 6.04 Å². The highest BCUT2D eigenvalue weighted by Crippen LogP contribution is 2.36. The van der Waals surface area contributed by atoms with Gasteiger partial charge in [-0.15, -0.1) is 0 Å².